The van der Waals surface area contributed by atoms with Crippen molar-refractivity contribution in [3.63, 3.8) is 0 Å². The van der Waals surface area contributed by atoms with Gasteiger partial charge in [-0.05, 0) is 47.3 Å². The van der Waals surface area contributed by atoms with E-state index in [0.717, 1.165) is 11.1 Å². The lowest BCUT2D eigenvalue weighted by atomic mass is 10.1. The standard InChI is InChI=1S/C24H21ClN5O7P/c25-24-28-21(27-11-5-6-14-15(9-11)12-3-1-2-4-13(12)18(14)31)17-22(29-24)30(10-26-17)23-20(33)19(32)16(37-23)7-8-38(34,35)36/h1-6,9-10,16,19-20,23,32-33H,7-8H2,(H,27,28,29)(H2,34,35,36). The predicted octanol–water partition coefficient (Wildman–Crippen LogP) is 2.62. The summed E-state index contributed by atoms with van der Waals surface area (Å²) in [7, 11) is -4.31. The highest BCUT2D eigenvalue weighted by Gasteiger charge is 2.44. The lowest BCUT2D eigenvalue weighted by molar-refractivity contribution is -0.0355. The lowest BCUT2D eigenvalue weighted by Gasteiger charge is -2.17. The van der Waals surface area contributed by atoms with Crippen LogP contribution in [-0.4, -0.2) is 69.8 Å². The van der Waals surface area contributed by atoms with Gasteiger partial charge in [0.1, 0.15) is 12.2 Å². The Morgan fingerprint density at radius 2 is 1.76 bits per heavy atom. The fourth-order valence-corrected chi connectivity index (χ4v) is 5.65. The maximum Gasteiger partial charge on any atom is 0.325 e. The molecule has 2 aromatic heterocycles. The van der Waals surface area contributed by atoms with Gasteiger partial charge in [0.25, 0.3) is 0 Å². The number of nitrogens with zero attached hydrogens (tertiary/aromatic N) is 4. The summed E-state index contributed by atoms with van der Waals surface area (Å²) in [5.41, 5.74) is 4.01. The van der Waals surface area contributed by atoms with Crippen LogP contribution in [0.15, 0.2) is 48.8 Å². The third-order valence-electron chi connectivity index (χ3n) is 6.70. The van der Waals surface area contributed by atoms with Gasteiger partial charge in [-0.1, -0.05) is 24.3 Å². The monoisotopic (exact) mass is 557 g/mol. The molecular weight excluding hydrogens is 537 g/mol. The van der Waals surface area contributed by atoms with E-state index in [2.05, 4.69) is 20.3 Å². The first-order valence-electron chi connectivity index (χ1n) is 11.6. The van der Waals surface area contributed by atoms with Gasteiger partial charge >= 0.3 is 7.60 Å². The molecular formula is C24H21ClN5O7P. The van der Waals surface area contributed by atoms with Crippen molar-refractivity contribution >= 4 is 47.6 Å². The Kier molecular flexibility index (Phi) is 6.08. The van der Waals surface area contributed by atoms with E-state index >= 15 is 0 Å². The number of ether oxygens (including phenoxy) is 1. The summed E-state index contributed by atoms with van der Waals surface area (Å²) >= 11 is 6.21. The van der Waals surface area contributed by atoms with Crippen molar-refractivity contribution < 1.29 is 34.1 Å². The number of ketones is 1. The fourth-order valence-electron chi connectivity index (χ4n) is 4.90. The highest BCUT2D eigenvalue weighted by atomic mass is 35.5. The van der Waals surface area contributed by atoms with Gasteiger partial charge in [-0.25, -0.2) is 4.98 Å². The van der Waals surface area contributed by atoms with Crippen molar-refractivity contribution in [2.24, 2.45) is 0 Å². The summed E-state index contributed by atoms with van der Waals surface area (Å²) in [5, 5.41) is 24.1. The summed E-state index contributed by atoms with van der Waals surface area (Å²) in [5.74, 6) is 0.229. The molecule has 6 rings (SSSR count). The fraction of sp³-hybridized carbons (Fsp3) is 0.250. The van der Waals surface area contributed by atoms with Crippen LogP contribution in [0.2, 0.25) is 5.28 Å². The van der Waals surface area contributed by atoms with Crippen LogP contribution in [0.1, 0.15) is 28.6 Å². The number of imidazole rings is 1. The minimum absolute atomic E-state index is 0.0372. The van der Waals surface area contributed by atoms with Gasteiger partial charge in [-0.2, -0.15) is 9.97 Å². The summed E-state index contributed by atoms with van der Waals surface area (Å²) < 4.78 is 18.4. The first-order valence-corrected chi connectivity index (χ1v) is 13.8. The van der Waals surface area contributed by atoms with Crippen molar-refractivity contribution in [3.8, 4) is 11.1 Å². The molecule has 12 nitrogen and oxygen atoms in total. The van der Waals surface area contributed by atoms with Gasteiger partial charge in [0.05, 0.1) is 18.6 Å². The Labute approximate surface area is 220 Å². The maximum absolute atomic E-state index is 12.7. The van der Waals surface area contributed by atoms with E-state index in [1.807, 2.05) is 24.3 Å². The summed E-state index contributed by atoms with van der Waals surface area (Å²) in [6, 6.07) is 12.7. The number of rotatable bonds is 6. The molecule has 14 heteroatoms. The number of benzene rings is 2. The van der Waals surface area contributed by atoms with Gasteiger partial charge in [0.15, 0.2) is 29.0 Å². The van der Waals surface area contributed by atoms with Crippen LogP contribution in [0.5, 0.6) is 0 Å². The van der Waals surface area contributed by atoms with Gasteiger partial charge in [0.2, 0.25) is 5.28 Å². The summed E-state index contributed by atoms with van der Waals surface area (Å²) in [6.45, 7) is 0. The predicted molar refractivity (Wildman–Crippen MR) is 136 cm³/mol. The number of halogens is 1. The molecule has 2 aliphatic rings. The Hall–Kier alpha value is -3.22. The number of aliphatic hydroxyl groups is 2. The molecule has 0 radical (unpaired) electrons. The van der Waals surface area contributed by atoms with Gasteiger partial charge in [-0.15, -0.1) is 0 Å². The molecule has 5 N–H and O–H groups in total. The molecule has 4 aromatic rings. The number of fused-ring (bicyclic) bond motifs is 4. The first-order chi connectivity index (χ1) is 18.1. The Morgan fingerprint density at radius 3 is 2.53 bits per heavy atom. The van der Waals surface area contributed by atoms with E-state index < -0.39 is 38.3 Å². The van der Waals surface area contributed by atoms with Crippen LogP contribution in [0.25, 0.3) is 22.3 Å². The van der Waals surface area contributed by atoms with Crippen LogP contribution in [0.4, 0.5) is 11.5 Å². The molecule has 4 atom stereocenters. The largest absolute Gasteiger partial charge is 0.388 e. The molecule has 196 valence electrons. The van der Waals surface area contributed by atoms with E-state index in [-0.39, 0.29) is 29.0 Å². The Bertz CT molecular complexity index is 1640. The third kappa shape index (κ3) is 4.30. The van der Waals surface area contributed by atoms with Gasteiger partial charge in [0, 0.05) is 16.8 Å². The van der Waals surface area contributed by atoms with Gasteiger partial charge in [-0.3, -0.25) is 13.9 Å². The molecule has 2 aromatic carbocycles. The molecule has 1 aliphatic heterocycles. The molecule has 3 heterocycles. The van der Waals surface area contributed by atoms with Crippen molar-refractivity contribution in [2.45, 2.75) is 31.0 Å². The average Bonchev–Trinajstić information content (AvgIpc) is 3.51. The average molecular weight is 558 g/mol. The van der Waals surface area contributed by atoms with E-state index in [1.165, 1.54) is 10.9 Å². The number of carbonyl (C=O) groups is 1. The zero-order chi connectivity index (χ0) is 26.8. The van der Waals surface area contributed by atoms with E-state index in [0.29, 0.717) is 22.3 Å². The number of aromatic nitrogens is 4. The molecule has 0 spiro atoms. The maximum atomic E-state index is 12.7. The van der Waals surface area contributed by atoms with E-state index in [1.54, 1.807) is 18.2 Å². The number of aliphatic hydroxyl groups excluding tert-OH is 2. The second-order valence-electron chi connectivity index (χ2n) is 9.15. The molecule has 38 heavy (non-hydrogen) atoms. The Morgan fingerprint density at radius 1 is 1.03 bits per heavy atom. The number of carbonyl (C=O) groups excluding carboxylic acids is 1. The normalized spacial score (nSPS) is 22.6. The molecule has 1 aliphatic carbocycles. The Balaban J connectivity index is 1.32. The minimum atomic E-state index is -4.31. The van der Waals surface area contributed by atoms with Crippen molar-refractivity contribution in [2.75, 3.05) is 11.5 Å². The van der Waals surface area contributed by atoms with Crippen LogP contribution in [0.3, 0.4) is 0 Å². The van der Waals surface area contributed by atoms with Crippen molar-refractivity contribution in [3.05, 3.63) is 65.2 Å². The SMILES string of the molecule is O=C1c2ccccc2-c2cc(Nc3nc(Cl)nc4c3ncn4C3OC(CCP(=O)(O)O)C(O)C3O)ccc21. The second-order valence-corrected chi connectivity index (χ2v) is 11.3. The van der Waals surface area contributed by atoms with Crippen molar-refractivity contribution in [1.82, 2.24) is 19.5 Å². The lowest BCUT2D eigenvalue weighted by Crippen LogP contribution is -2.31. The molecule has 0 bridgehead atoms. The topological polar surface area (TPSA) is 180 Å². The second kappa shape index (κ2) is 9.21. The quantitative estimate of drug-likeness (QED) is 0.153. The molecule has 4 unspecified atom stereocenters. The van der Waals surface area contributed by atoms with Crippen molar-refractivity contribution in [1.29, 1.82) is 0 Å². The smallest absolute Gasteiger partial charge is 0.325 e. The van der Waals surface area contributed by atoms with Crippen LogP contribution >= 0.6 is 19.2 Å². The molecule has 1 saturated heterocycles. The third-order valence-corrected chi connectivity index (χ3v) is 7.71. The van der Waals surface area contributed by atoms with Crippen LogP contribution < -0.4 is 5.32 Å². The number of anilines is 2. The molecule has 1 fully saturated rings. The number of nitrogens with one attached hydrogen (secondary N) is 1. The highest BCUT2D eigenvalue weighted by molar-refractivity contribution is 7.51. The first kappa shape index (κ1) is 25.1. The zero-order valence-electron chi connectivity index (χ0n) is 19.5. The number of hydrogen-bond donors (Lipinski definition) is 5. The molecule has 0 amide bonds. The van der Waals surface area contributed by atoms with E-state index in [9.17, 15) is 19.6 Å². The van der Waals surface area contributed by atoms with Crippen LogP contribution in [-0.2, 0) is 9.30 Å². The van der Waals surface area contributed by atoms with E-state index in [4.69, 9.17) is 26.1 Å². The minimum Gasteiger partial charge on any atom is -0.388 e. The van der Waals surface area contributed by atoms with Gasteiger partial charge < -0.3 is 30.1 Å². The molecule has 0 saturated carbocycles. The summed E-state index contributed by atoms with van der Waals surface area (Å²) in [6.07, 6.45) is -4.23. The summed E-state index contributed by atoms with van der Waals surface area (Å²) in [4.78, 5) is 43.9. The van der Waals surface area contributed by atoms with Crippen LogP contribution in [0, 0.1) is 0 Å². The number of hydrogen-bond acceptors (Lipinski definition) is 9. The zero-order valence-corrected chi connectivity index (χ0v) is 21.1. The highest BCUT2D eigenvalue weighted by Crippen LogP contribution is 2.41.